The minimum absolute atomic E-state index is 0.0395. The predicted molar refractivity (Wildman–Crippen MR) is 70.2 cm³/mol. The van der Waals surface area contributed by atoms with Crippen molar-refractivity contribution in [2.24, 2.45) is 5.73 Å². The average molecular weight is 266 g/mol. The van der Waals surface area contributed by atoms with Gasteiger partial charge in [-0.15, -0.1) is 0 Å². The molecule has 104 valence electrons. The molecule has 0 spiro atoms. The van der Waals surface area contributed by atoms with Crippen molar-refractivity contribution >= 4 is 17.6 Å². The first kappa shape index (κ1) is 15.1. The molecule has 0 aliphatic rings. The number of ether oxygens (including phenoxy) is 1. The Morgan fingerprint density at radius 3 is 2.53 bits per heavy atom. The zero-order valence-electron chi connectivity index (χ0n) is 10.8. The summed E-state index contributed by atoms with van der Waals surface area (Å²) in [4.78, 5) is 22.7. The van der Waals surface area contributed by atoms with Gasteiger partial charge in [0, 0.05) is 12.1 Å². The topological polar surface area (TPSA) is 102 Å². The maximum atomic E-state index is 11.6. The van der Waals surface area contributed by atoms with Gasteiger partial charge in [-0.25, -0.2) is 0 Å². The minimum Gasteiger partial charge on any atom is -0.468 e. The molecule has 0 saturated heterocycles. The molecule has 6 heteroatoms. The number of anilines is 1. The molecular formula is C13H18N2O4. The highest BCUT2D eigenvalue weighted by atomic mass is 16.5. The maximum absolute atomic E-state index is 11.6. The summed E-state index contributed by atoms with van der Waals surface area (Å²) < 4.78 is 4.47. The summed E-state index contributed by atoms with van der Waals surface area (Å²) >= 11 is 0. The van der Waals surface area contributed by atoms with E-state index in [-0.39, 0.29) is 25.4 Å². The van der Waals surface area contributed by atoms with Gasteiger partial charge in [-0.1, -0.05) is 12.1 Å². The van der Waals surface area contributed by atoms with Gasteiger partial charge in [0.2, 0.25) is 5.91 Å². The van der Waals surface area contributed by atoms with E-state index in [0.717, 1.165) is 5.56 Å². The molecule has 1 aromatic rings. The molecule has 0 bridgehead atoms. The second kappa shape index (κ2) is 7.50. The molecule has 19 heavy (non-hydrogen) atoms. The first-order valence-corrected chi connectivity index (χ1v) is 5.90. The summed E-state index contributed by atoms with van der Waals surface area (Å²) in [6, 6.07) is 6.05. The van der Waals surface area contributed by atoms with Crippen LogP contribution in [0, 0.1) is 0 Å². The van der Waals surface area contributed by atoms with Gasteiger partial charge in [0.15, 0.2) is 0 Å². The lowest BCUT2D eigenvalue weighted by Crippen LogP contribution is -2.32. The van der Waals surface area contributed by atoms with Gasteiger partial charge in [-0.05, 0) is 24.1 Å². The van der Waals surface area contributed by atoms with Crippen LogP contribution in [-0.2, 0) is 20.9 Å². The van der Waals surface area contributed by atoms with E-state index >= 15 is 0 Å². The van der Waals surface area contributed by atoms with Gasteiger partial charge in [-0.2, -0.15) is 0 Å². The van der Waals surface area contributed by atoms with Crippen LogP contribution < -0.4 is 11.1 Å². The number of aliphatic hydroxyl groups is 1. The Hall–Kier alpha value is -1.92. The van der Waals surface area contributed by atoms with Crippen molar-refractivity contribution in [2.45, 2.75) is 25.5 Å². The second-order valence-corrected chi connectivity index (χ2v) is 4.07. The second-order valence-electron chi connectivity index (χ2n) is 4.07. The minimum atomic E-state index is -0.785. The van der Waals surface area contributed by atoms with Crippen molar-refractivity contribution in [1.82, 2.24) is 0 Å². The summed E-state index contributed by atoms with van der Waals surface area (Å²) in [5.74, 6) is -0.754. The van der Waals surface area contributed by atoms with Crippen LogP contribution in [-0.4, -0.2) is 30.1 Å². The van der Waals surface area contributed by atoms with E-state index in [1.165, 1.54) is 7.11 Å². The van der Waals surface area contributed by atoms with Gasteiger partial charge in [-0.3, -0.25) is 9.59 Å². The van der Waals surface area contributed by atoms with Gasteiger partial charge in [0.05, 0.1) is 13.7 Å². The van der Waals surface area contributed by atoms with Crippen LogP contribution in [0.15, 0.2) is 24.3 Å². The lowest BCUT2D eigenvalue weighted by molar-refractivity contribution is -0.142. The summed E-state index contributed by atoms with van der Waals surface area (Å²) in [6.07, 6.45) is 0.366. The van der Waals surface area contributed by atoms with Gasteiger partial charge in [0.25, 0.3) is 0 Å². The van der Waals surface area contributed by atoms with Crippen LogP contribution in [0.1, 0.15) is 18.4 Å². The molecule has 0 saturated carbocycles. The molecule has 0 aromatic heterocycles. The van der Waals surface area contributed by atoms with Crippen LogP contribution in [0.2, 0.25) is 0 Å². The molecule has 0 aliphatic carbocycles. The van der Waals surface area contributed by atoms with Crippen molar-refractivity contribution in [3.8, 4) is 0 Å². The highest BCUT2D eigenvalue weighted by molar-refractivity contribution is 5.91. The van der Waals surface area contributed by atoms with Gasteiger partial charge >= 0.3 is 5.97 Å². The van der Waals surface area contributed by atoms with Crippen molar-refractivity contribution in [3.05, 3.63) is 29.8 Å². The predicted octanol–water partition coefficient (Wildman–Crippen LogP) is 0.398. The smallest absolute Gasteiger partial charge is 0.322 e. The Morgan fingerprint density at radius 2 is 2.00 bits per heavy atom. The number of amides is 1. The number of carbonyl (C=O) groups is 2. The Bertz CT molecular complexity index is 431. The highest BCUT2D eigenvalue weighted by Crippen LogP contribution is 2.10. The number of hydrogen-bond acceptors (Lipinski definition) is 5. The maximum Gasteiger partial charge on any atom is 0.322 e. The fourth-order valence-corrected chi connectivity index (χ4v) is 1.47. The molecule has 0 radical (unpaired) electrons. The monoisotopic (exact) mass is 266 g/mol. The van der Waals surface area contributed by atoms with Crippen LogP contribution in [0.4, 0.5) is 5.69 Å². The zero-order valence-corrected chi connectivity index (χ0v) is 10.8. The van der Waals surface area contributed by atoms with E-state index in [9.17, 15) is 9.59 Å². The highest BCUT2D eigenvalue weighted by Gasteiger charge is 2.15. The first-order chi connectivity index (χ1) is 9.06. The number of nitrogens with one attached hydrogen (secondary N) is 1. The molecule has 1 aromatic carbocycles. The first-order valence-electron chi connectivity index (χ1n) is 5.90. The van der Waals surface area contributed by atoms with Crippen molar-refractivity contribution in [1.29, 1.82) is 0 Å². The van der Waals surface area contributed by atoms with Crippen LogP contribution >= 0.6 is 0 Å². The summed E-state index contributed by atoms with van der Waals surface area (Å²) in [7, 11) is 1.25. The van der Waals surface area contributed by atoms with E-state index in [4.69, 9.17) is 10.8 Å². The summed E-state index contributed by atoms with van der Waals surface area (Å²) in [6.45, 7) is -0.0395. The average Bonchev–Trinajstić information content (AvgIpc) is 2.44. The molecule has 4 N–H and O–H groups in total. The largest absolute Gasteiger partial charge is 0.468 e. The molecule has 0 aliphatic heterocycles. The number of benzene rings is 1. The Labute approximate surface area is 111 Å². The number of esters is 1. The zero-order chi connectivity index (χ0) is 14.3. The third kappa shape index (κ3) is 5.07. The van der Waals surface area contributed by atoms with E-state index in [0.29, 0.717) is 5.69 Å². The number of aliphatic hydroxyl groups excluding tert-OH is 1. The number of nitrogens with two attached hydrogens (primary N) is 1. The fraction of sp³-hybridized carbons (Fsp3) is 0.385. The quantitative estimate of drug-likeness (QED) is 0.647. The fourth-order valence-electron chi connectivity index (χ4n) is 1.47. The molecule has 6 nitrogen and oxygen atoms in total. The molecule has 0 unspecified atom stereocenters. The van der Waals surface area contributed by atoms with Crippen molar-refractivity contribution in [2.75, 3.05) is 12.4 Å². The Balaban J connectivity index is 2.40. The summed E-state index contributed by atoms with van der Waals surface area (Å²) in [5, 5.41) is 11.6. The SMILES string of the molecule is COC(=O)[C@@H](N)CCC(=O)Nc1ccc(CO)cc1. The molecule has 0 heterocycles. The molecule has 0 fully saturated rings. The Morgan fingerprint density at radius 1 is 1.37 bits per heavy atom. The van der Waals surface area contributed by atoms with Crippen molar-refractivity contribution in [3.63, 3.8) is 0 Å². The van der Waals surface area contributed by atoms with Gasteiger partial charge in [0.1, 0.15) is 6.04 Å². The van der Waals surface area contributed by atoms with E-state index in [2.05, 4.69) is 10.1 Å². The standard InChI is InChI=1S/C13H18N2O4/c1-19-13(18)11(14)6-7-12(17)15-10-4-2-9(8-16)3-5-10/h2-5,11,16H,6-8,14H2,1H3,(H,15,17)/t11-/m0/s1. The van der Waals surface area contributed by atoms with Crippen LogP contribution in [0.25, 0.3) is 0 Å². The third-order valence-corrected chi connectivity index (χ3v) is 2.61. The number of rotatable bonds is 6. The van der Waals surface area contributed by atoms with Crippen molar-refractivity contribution < 1.29 is 19.4 Å². The summed E-state index contributed by atoms with van der Waals surface area (Å²) in [5.41, 5.74) is 6.93. The molecular weight excluding hydrogens is 248 g/mol. The van der Waals surface area contributed by atoms with Gasteiger partial charge < -0.3 is 20.9 Å². The molecule has 1 rings (SSSR count). The molecule has 1 atom stereocenters. The van der Waals surface area contributed by atoms with E-state index < -0.39 is 12.0 Å². The van der Waals surface area contributed by atoms with E-state index in [1.807, 2.05) is 0 Å². The number of hydrogen-bond donors (Lipinski definition) is 3. The van der Waals surface area contributed by atoms with Crippen LogP contribution in [0.5, 0.6) is 0 Å². The number of methoxy groups -OCH3 is 1. The third-order valence-electron chi connectivity index (χ3n) is 2.61. The molecule has 1 amide bonds. The Kier molecular flexibility index (Phi) is 5.98. The van der Waals surface area contributed by atoms with Crippen LogP contribution in [0.3, 0.4) is 0 Å². The number of carbonyl (C=O) groups excluding carboxylic acids is 2. The lowest BCUT2D eigenvalue weighted by Gasteiger charge is -2.09. The lowest BCUT2D eigenvalue weighted by atomic mass is 10.1. The normalized spacial score (nSPS) is 11.7. The van der Waals surface area contributed by atoms with E-state index in [1.54, 1.807) is 24.3 Å².